The number of anilines is 1. The maximum absolute atomic E-state index is 12.1. The smallest absolute Gasteiger partial charge is 0.232 e. The van der Waals surface area contributed by atoms with Crippen LogP contribution in [-0.4, -0.2) is 20.0 Å². The number of nitrogens with one attached hydrogen (secondary N) is 2. The number of hydrogen-bond donors (Lipinski definition) is 3. The molecule has 112 valence electrons. The molecule has 6 heteroatoms. The van der Waals surface area contributed by atoms with E-state index in [4.69, 9.17) is 11.1 Å². The molecule has 0 aromatic heterocycles. The summed E-state index contributed by atoms with van der Waals surface area (Å²) in [6, 6.07) is 5.16. The van der Waals surface area contributed by atoms with Crippen molar-refractivity contribution in [3.8, 4) is 0 Å². The first-order valence-electron chi connectivity index (χ1n) is 6.46. The summed E-state index contributed by atoms with van der Waals surface area (Å²) >= 11 is 0. The van der Waals surface area contributed by atoms with Gasteiger partial charge in [-0.1, -0.05) is 32.9 Å². The van der Waals surface area contributed by atoms with Gasteiger partial charge in [-0.25, -0.2) is 8.42 Å². The van der Waals surface area contributed by atoms with Gasteiger partial charge in [0.15, 0.2) is 0 Å². The molecule has 5 nitrogen and oxygen atoms in total. The van der Waals surface area contributed by atoms with Crippen LogP contribution in [0.1, 0.15) is 38.3 Å². The fourth-order valence-corrected chi connectivity index (χ4v) is 3.26. The second kappa shape index (κ2) is 5.83. The zero-order valence-electron chi connectivity index (χ0n) is 12.4. The highest BCUT2D eigenvalue weighted by Gasteiger charge is 2.19. The quantitative estimate of drug-likeness (QED) is 0.575. The zero-order valence-corrected chi connectivity index (χ0v) is 13.3. The van der Waals surface area contributed by atoms with Crippen LogP contribution < -0.4 is 10.5 Å². The van der Waals surface area contributed by atoms with Crippen LogP contribution in [0.2, 0.25) is 0 Å². The summed E-state index contributed by atoms with van der Waals surface area (Å²) in [6.07, 6.45) is 0.559. The number of benzene rings is 1. The standard InChI is InChI=1S/C14H23N3O2S/c1-10-6-5-7-11(12(10)13(15)16)17-20(18,19)9-8-14(2,3)4/h5-7,17H,8-9H2,1-4H3,(H3,15,16). The molecule has 0 radical (unpaired) electrons. The highest BCUT2D eigenvalue weighted by molar-refractivity contribution is 7.92. The maximum Gasteiger partial charge on any atom is 0.232 e. The molecule has 0 unspecified atom stereocenters. The molecule has 0 saturated carbocycles. The minimum Gasteiger partial charge on any atom is -0.384 e. The summed E-state index contributed by atoms with van der Waals surface area (Å²) in [5, 5.41) is 7.57. The summed E-state index contributed by atoms with van der Waals surface area (Å²) in [6.45, 7) is 7.78. The van der Waals surface area contributed by atoms with Crippen LogP contribution in [-0.2, 0) is 10.0 Å². The molecule has 1 aromatic rings. The van der Waals surface area contributed by atoms with E-state index in [2.05, 4.69) is 4.72 Å². The average molecular weight is 297 g/mol. The highest BCUT2D eigenvalue weighted by Crippen LogP contribution is 2.23. The molecule has 0 atom stereocenters. The molecule has 0 spiro atoms. The minimum absolute atomic E-state index is 0.0434. The average Bonchev–Trinajstić information content (AvgIpc) is 2.24. The number of amidine groups is 1. The van der Waals surface area contributed by atoms with Crippen molar-refractivity contribution in [2.45, 2.75) is 34.1 Å². The van der Waals surface area contributed by atoms with Crippen LogP contribution in [0.15, 0.2) is 18.2 Å². The van der Waals surface area contributed by atoms with Crippen LogP contribution in [0.5, 0.6) is 0 Å². The van der Waals surface area contributed by atoms with Crippen molar-refractivity contribution in [1.82, 2.24) is 0 Å². The first-order valence-corrected chi connectivity index (χ1v) is 8.11. The van der Waals surface area contributed by atoms with E-state index in [0.29, 0.717) is 17.7 Å². The molecule has 0 amide bonds. The third-order valence-corrected chi connectivity index (χ3v) is 4.20. The number of hydrogen-bond acceptors (Lipinski definition) is 3. The monoisotopic (exact) mass is 297 g/mol. The number of rotatable bonds is 5. The molecule has 1 rings (SSSR count). The second-order valence-corrected chi connectivity index (χ2v) is 7.98. The van der Waals surface area contributed by atoms with Crippen molar-refractivity contribution in [1.29, 1.82) is 5.41 Å². The van der Waals surface area contributed by atoms with Crippen molar-refractivity contribution in [2.24, 2.45) is 11.1 Å². The van der Waals surface area contributed by atoms with Gasteiger partial charge in [0.2, 0.25) is 10.0 Å². The van der Waals surface area contributed by atoms with Gasteiger partial charge in [-0.2, -0.15) is 0 Å². The second-order valence-electron chi connectivity index (χ2n) is 6.14. The Labute approximate surface area is 121 Å². The Hall–Kier alpha value is -1.56. The molecule has 0 aliphatic heterocycles. The predicted octanol–water partition coefficient (Wildman–Crippen LogP) is 2.46. The highest BCUT2D eigenvalue weighted by atomic mass is 32.2. The molecule has 4 N–H and O–H groups in total. The molecule has 0 heterocycles. The van der Waals surface area contributed by atoms with E-state index in [1.54, 1.807) is 25.1 Å². The molecular weight excluding hydrogens is 274 g/mol. The van der Waals surface area contributed by atoms with E-state index in [1.807, 2.05) is 20.8 Å². The van der Waals surface area contributed by atoms with Gasteiger partial charge in [0.25, 0.3) is 0 Å². The largest absolute Gasteiger partial charge is 0.384 e. The van der Waals surface area contributed by atoms with E-state index in [1.165, 1.54) is 0 Å². The SMILES string of the molecule is Cc1cccc(NS(=O)(=O)CCC(C)(C)C)c1C(=N)N. The van der Waals surface area contributed by atoms with Gasteiger partial charge >= 0.3 is 0 Å². The van der Waals surface area contributed by atoms with Gasteiger partial charge < -0.3 is 5.73 Å². The number of nitrogen functional groups attached to an aromatic ring is 1. The lowest BCUT2D eigenvalue weighted by atomic mass is 9.94. The summed E-state index contributed by atoms with van der Waals surface area (Å²) in [5.41, 5.74) is 7.05. The Balaban J connectivity index is 2.99. The van der Waals surface area contributed by atoms with Crippen molar-refractivity contribution >= 4 is 21.5 Å². The van der Waals surface area contributed by atoms with Gasteiger partial charge in [-0.05, 0) is 30.4 Å². The minimum atomic E-state index is -3.44. The van der Waals surface area contributed by atoms with Crippen LogP contribution in [0.3, 0.4) is 0 Å². The number of nitrogens with two attached hydrogens (primary N) is 1. The Kier molecular flexibility index (Phi) is 4.81. The van der Waals surface area contributed by atoms with E-state index in [0.717, 1.165) is 5.56 Å². The van der Waals surface area contributed by atoms with Gasteiger partial charge in [0.05, 0.1) is 11.4 Å². The molecular formula is C14H23N3O2S. The summed E-state index contributed by atoms with van der Waals surface area (Å²) in [5.74, 6) is -0.0986. The van der Waals surface area contributed by atoms with Gasteiger partial charge in [-0.3, -0.25) is 10.1 Å². The normalized spacial score (nSPS) is 12.2. The van der Waals surface area contributed by atoms with Gasteiger partial charge in [0, 0.05) is 5.56 Å². The number of sulfonamides is 1. The lowest BCUT2D eigenvalue weighted by Crippen LogP contribution is -2.23. The van der Waals surface area contributed by atoms with Crippen LogP contribution >= 0.6 is 0 Å². The molecule has 0 saturated heterocycles. The van der Waals surface area contributed by atoms with E-state index < -0.39 is 10.0 Å². The Bertz CT molecular complexity index is 601. The Morgan fingerprint density at radius 2 is 1.95 bits per heavy atom. The summed E-state index contributed by atoms with van der Waals surface area (Å²) in [4.78, 5) is 0. The van der Waals surface area contributed by atoms with Crippen LogP contribution in [0, 0.1) is 17.7 Å². The Morgan fingerprint density at radius 3 is 2.45 bits per heavy atom. The van der Waals surface area contributed by atoms with Crippen molar-refractivity contribution in [3.63, 3.8) is 0 Å². The Morgan fingerprint density at radius 1 is 1.35 bits per heavy atom. The molecule has 0 aliphatic rings. The summed E-state index contributed by atoms with van der Waals surface area (Å²) < 4.78 is 26.8. The van der Waals surface area contributed by atoms with Crippen LogP contribution in [0.25, 0.3) is 0 Å². The predicted molar refractivity (Wildman–Crippen MR) is 83.7 cm³/mol. The van der Waals surface area contributed by atoms with Gasteiger partial charge in [0.1, 0.15) is 5.84 Å². The first kappa shape index (κ1) is 16.5. The third-order valence-electron chi connectivity index (χ3n) is 2.93. The van der Waals surface area contributed by atoms with Crippen molar-refractivity contribution in [3.05, 3.63) is 29.3 Å². The molecule has 0 aliphatic carbocycles. The van der Waals surface area contributed by atoms with E-state index in [9.17, 15) is 8.42 Å². The van der Waals surface area contributed by atoms with E-state index >= 15 is 0 Å². The molecule has 0 bridgehead atoms. The van der Waals surface area contributed by atoms with Crippen molar-refractivity contribution in [2.75, 3.05) is 10.5 Å². The lowest BCUT2D eigenvalue weighted by molar-refractivity contribution is 0.397. The summed E-state index contributed by atoms with van der Waals surface area (Å²) in [7, 11) is -3.44. The fraction of sp³-hybridized carbons (Fsp3) is 0.500. The fourth-order valence-electron chi connectivity index (χ4n) is 1.77. The maximum atomic E-state index is 12.1. The van der Waals surface area contributed by atoms with E-state index in [-0.39, 0.29) is 17.0 Å². The van der Waals surface area contributed by atoms with Gasteiger partial charge in [-0.15, -0.1) is 0 Å². The topological polar surface area (TPSA) is 96.0 Å². The van der Waals surface area contributed by atoms with Crippen molar-refractivity contribution < 1.29 is 8.42 Å². The molecule has 1 aromatic carbocycles. The first-order chi connectivity index (χ1) is 9.02. The third kappa shape index (κ3) is 4.85. The molecule has 0 fully saturated rings. The van der Waals surface area contributed by atoms with Crippen LogP contribution in [0.4, 0.5) is 5.69 Å². The lowest BCUT2D eigenvalue weighted by Gasteiger charge is -2.19. The number of aryl methyl sites for hydroxylation is 1. The molecule has 20 heavy (non-hydrogen) atoms. The zero-order chi connectivity index (χ0) is 15.6.